The van der Waals surface area contributed by atoms with Crippen LogP contribution >= 0.6 is 11.3 Å². The molecule has 1 aromatic heterocycles. The second-order valence-electron chi connectivity index (χ2n) is 3.02. The maximum Gasteiger partial charge on any atom is 0.0794 e. The van der Waals surface area contributed by atoms with Gasteiger partial charge in [-0.1, -0.05) is 6.58 Å². The third kappa shape index (κ3) is 3.45. The van der Waals surface area contributed by atoms with E-state index >= 15 is 0 Å². The Balaban J connectivity index is 2.48. The highest BCUT2D eigenvalue weighted by Gasteiger charge is 2.11. The summed E-state index contributed by atoms with van der Waals surface area (Å²) in [4.78, 5) is 5.31. The Labute approximate surface area is 94.3 Å². The van der Waals surface area contributed by atoms with Crippen molar-refractivity contribution >= 4 is 18.1 Å². The Morgan fingerprint density at radius 2 is 2.60 bits per heavy atom. The molecule has 82 valence electrons. The molecule has 0 saturated carbocycles. The number of nitrogens with one attached hydrogen (secondary N) is 1. The molecule has 0 aliphatic rings. The van der Waals surface area contributed by atoms with E-state index in [0.29, 0.717) is 6.04 Å². The standard InChI is InChI=1S/C10H16N4S/c1-4-14(12-3)6-5-9(11-2)10-7-13-8-15-10/h4,7-9,11H,1,3,5-6H2,2H3. The van der Waals surface area contributed by atoms with Gasteiger partial charge in [0.15, 0.2) is 0 Å². The van der Waals surface area contributed by atoms with Crippen LogP contribution in [-0.2, 0) is 0 Å². The maximum atomic E-state index is 4.07. The zero-order valence-corrected chi connectivity index (χ0v) is 9.70. The summed E-state index contributed by atoms with van der Waals surface area (Å²) in [6.07, 6.45) is 4.52. The summed E-state index contributed by atoms with van der Waals surface area (Å²) in [6, 6.07) is 0.321. The average Bonchev–Trinajstić information content (AvgIpc) is 2.78. The molecule has 0 spiro atoms. The summed E-state index contributed by atoms with van der Waals surface area (Å²) in [6.45, 7) is 7.94. The van der Waals surface area contributed by atoms with Gasteiger partial charge in [-0.2, -0.15) is 5.10 Å². The lowest BCUT2D eigenvalue weighted by Gasteiger charge is -2.18. The summed E-state index contributed by atoms with van der Waals surface area (Å²) in [5.41, 5.74) is 1.84. The highest BCUT2D eigenvalue weighted by molar-refractivity contribution is 7.09. The fraction of sp³-hybridized carbons (Fsp3) is 0.400. The van der Waals surface area contributed by atoms with Crippen molar-refractivity contribution in [1.29, 1.82) is 0 Å². The third-order valence-corrected chi connectivity index (χ3v) is 3.07. The van der Waals surface area contributed by atoms with E-state index in [1.807, 2.05) is 18.8 Å². The molecule has 1 N–H and O–H groups in total. The van der Waals surface area contributed by atoms with Gasteiger partial charge in [0.25, 0.3) is 0 Å². The first-order valence-electron chi connectivity index (χ1n) is 4.73. The molecule has 5 heteroatoms. The number of thiazole rings is 1. The minimum absolute atomic E-state index is 0.321. The van der Waals surface area contributed by atoms with Gasteiger partial charge in [0.05, 0.1) is 5.51 Å². The number of hydrogen-bond donors (Lipinski definition) is 1. The molecule has 1 rings (SSSR count). The Kier molecular flexibility index (Phi) is 5.00. The second kappa shape index (κ2) is 6.31. The Morgan fingerprint density at radius 1 is 1.80 bits per heavy atom. The average molecular weight is 224 g/mol. The van der Waals surface area contributed by atoms with Crippen molar-refractivity contribution < 1.29 is 0 Å². The van der Waals surface area contributed by atoms with Crippen LogP contribution in [0.5, 0.6) is 0 Å². The van der Waals surface area contributed by atoms with E-state index in [4.69, 9.17) is 0 Å². The summed E-state index contributed by atoms with van der Waals surface area (Å²) < 4.78 is 0. The van der Waals surface area contributed by atoms with Crippen LogP contribution in [0.1, 0.15) is 17.3 Å². The number of nitrogens with zero attached hydrogens (tertiary/aromatic N) is 3. The van der Waals surface area contributed by atoms with Gasteiger partial charge in [-0.05, 0) is 13.5 Å². The number of hydrazone groups is 1. The van der Waals surface area contributed by atoms with Gasteiger partial charge >= 0.3 is 0 Å². The molecule has 0 saturated heterocycles. The van der Waals surface area contributed by atoms with Crippen LogP contribution in [0.2, 0.25) is 0 Å². The largest absolute Gasteiger partial charge is 0.312 e. The van der Waals surface area contributed by atoms with E-state index < -0.39 is 0 Å². The molecule has 0 aliphatic carbocycles. The van der Waals surface area contributed by atoms with E-state index in [1.165, 1.54) is 4.88 Å². The maximum absolute atomic E-state index is 4.07. The Morgan fingerprint density at radius 3 is 3.07 bits per heavy atom. The zero-order chi connectivity index (χ0) is 11.1. The second-order valence-corrected chi connectivity index (χ2v) is 3.94. The lowest BCUT2D eigenvalue weighted by Crippen LogP contribution is -2.21. The van der Waals surface area contributed by atoms with Gasteiger partial charge in [0.1, 0.15) is 0 Å². The molecule has 1 unspecified atom stereocenters. The predicted octanol–water partition coefficient (Wildman–Crippen LogP) is 1.85. The fourth-order valence-corrected chi connectivity index (χ4v) is 2.07. The lowest BCUT2D eigenvalue weighted by molar-refractivity contribution is 0.366. The van der Waals surface area contributed by atoms with E-state index in [9.17, 15) is 0 Å². The lowest BCUT2D eigenvalue weighted by atomic mass is 10.2. The topological polar surface area (TPSA) is 40.5 Å². The summed E-state index contributed by atoms with van der Waals surface area (Å²) in [5.74, 6) is 0. The predicted molar refractivity (Wildman–Crippen MR) is 65.0 cm³/mol. The van der Waals surface area contributed by atoms with E-state index in [-0.39, 0.29) is 0 Å². The molecule has 0 aliphatic heterocycles. The summed E-state index contributed by atoms with van der Waals surface area (Å²) in [5, 5.41) is 8.80. The first kappa shape index (κ1) is 11.9. The van der Waals surface area contributed by atoms with E-state index in [0.717, 1.165) is 13.0 Å². The Hall–Kier alpha value is -1.20. The van der Waals surface area contributed by atoms with E-state index in [2.05, 4.69) is 28.7 Å². The number of rotatable bonds is 7. The van der Waals surface area contributed by atoms with Gasteiger partial charge in [-0.15, -0.1) is 11.3 Å². The fourth-order valence-electron chi connectivity index (χ4n) is 1.31. The molecule has 1 aromatic rings. The highest BCUT2D eigenvalue weighted by Crippen LogP contribution is 2.20. The number of aromatic nitrogens is 1. The monoisotopic (exact) mass is 224 g/mol. The SMILES string of the molecule is C=CN(CCC(NC)c1cncs1)N=C. The van der Waals surface area contributed by atoms with E-state index in [1.54, 1.807) is 22.5 Å². The van der Waals surface area contributed by atoms with Crippen molar-refractivity contribution in [2.45, 2.75) is 12.5 Å². The molecule has 15 heavy (non-hydrogen) atoms. The van der Waals surface area contributed by atoms with Crippen LogP contribution in [-0.4, -0.2) is 30.3 Å². The van der Waals surface area contributed by atoms with Gasteiger partial charge < -0.3 is 5.32 Å². The van der Waals surface area contributed by atoms with Crippen LogP contribution in [0, 0.1) is 0 Å². The van der Waals surface area contributed by atoms with Gasteiger partial charge in [0, 0.05) is 36.6 Å². The van der Waals surface area contributed by atoms with Crippen LogP contribution in [0.15, 0.2) is 29.6 Å². The van der Waals surface area contributed by atoms with Crippen molar-refractivity contribution in [1.82, 2.24) is 15.3 Å². The summed E-state index contributed by atoms with van der Waals surface area (Å²) >= 11 is 1.66. The highest BCUT2D eigenvalue weighted by atomic mass is 32.1. The van der Waals surface area contributed by atoms with Gasteiger partial charge in [0.2, 0.25) is 0 Å². The molecule has 0 fully saturated rings. The molecule has 0 radical (unpaired) electrons. The van der Waals surface area contributed by atoms with Crippen molar-refractivity contribution in [3.05, 3.63) is 29.4 Å². The molecular formula is C10H16N4S. The minimum Gasteiger partial charge on any atom is -0.312 e. The first-order chi connectivity index (χ1) is 7.31. The quantitative estimate of drug-likeness (QED) is 0.567. The molecule has 0 amide bonds. The first-order valence-corrected chi connectivity index (χ1v) is 5.61. The molecule has 0 bridgehead atoms. The minimum atomic E-state index is 0.321. The zero-order valence-electron chi connectivity index (χ0n) is 8.89. The van der Waals surface area contributed by atoms with Crippen molar-refractivity contribution in [2.24, 2.45) is 5.10 Å². The molecule has 0 aromatic carbocycles. The smallest absolute Gasteiger partial charge is 0.0794 e. The molecule has 1 atom stereocenters. The molecule has 1 heterocycles. The summed E-state index contributed by atoms with van der Waals surface area (Å²) in [7, 11) is 1.95. The molecule has 4 nitrogen and oxygen atoms in total. The van der Waals surface area contributed by atoms with Crippen molar-refractivity contribution in [3.8, 4) is 0 Å². The van der Waals surface area contributed by atoms with Crippen LogP contribution in [0.3, 0.4) is 0 Å². The Bertz CT molecular complexity index is 288. The van der Waals surface area contributed by atoms with Crippen LogP contribution in [0.4, 0.5) is 0 Å². The third-order valence-electron chi connectivity index (χ3n) is 2.18. The molecular weight excluding hydrogens is 208 g/mol. The van der Waals surface area contributed by atoms with Gasteiger partial charge in [-0.25, -0.2) is 0 Å². The van der Waals surface area contributed by atoms with Crippen LogP contribution in [0.25, 0.3) is 0 Å². The van der Waals surface area contributed by atoms with Gasteiger partial charge in [-0.3, -0.25) is 9.99 Å². The van der Waals surface area contributed by atoms with Crippen molar-refractivity contribution in [2.75, 3.05) is 13.6 Å². The number of hydrogen-bond acceptors (Lipinski definition) is 5. The van der Waals surface area contributed by atoms with Crippen LogP contribution < -0.4 is 5.32 Å². The normalized spacial score (nSPS) is 12.1. The van der Waals surface area contributed by atoms with Crippen molar-refractivity contribution in [3.63, 3.8) is 0 Å².